The van der Waals surface area contributed by atoms with E-state index in [0.717, 1.165) is 12.8 Å². The van der Waals surface area contributed by atoms with Crippen molar-refractivity contribution in [2.75, 3.05) is 45.9 Å². The molecule has 3 heterocycles. The summed E-state index contributed by atoms with van der Waals surface area (Å²) in [6, 6.07) is 8.75. The van der Waals surface area contributed by atoms with Crippen molar-refractivity contribution in [2.45, 2.75) is 17.7 Å². The summed E-state index contributed by atoms with van der Waals surface area (Å²) in [6.45, 7) is 1.92. The maximum atomic E-state index is 12.6. The number of ether oxygens (including phenoxy) is 1. The Labute approximate surface area is 191 Å². The molecule has 4 rings (SSSR count). The summed E-state index contributed by atoms with van der Waals surface area (Å²) >= 11 is 0. The van der Waals surface area contributed by atoms with Crippen molar-refractivity contribution >= 4 is 27.8 Å². The molecule has 1 aromatic heterocycles. The fraction of sp³-hybridized carbons (Fsp3) is 0.409. The van der Waals surface area contributed by atoms with Gasteiger partial charge in [0.15, 0.2) is 12.4 Å². The van der Waals surface area contributed by atoms with E-state index in [1.54, 1.807) is 17.0 Å². The molecule has 2 fully saturated rings. The highest BCUT2D eigenvalue weighted by molar-refractivity contribution is 7.89. The van der Waals surface area contributed by atoms with Crippen LogP contribution in [0.4, 0.5) is 0 Å². The molecule has 0 radical (unpaired) electrons. The molecule has 0 saturated carbocycles. The molecule has 0 unspecified atom stereocenters. The minimum absolute atomic E-state index is 0.124. The molecule has 2 aliphatic heterocycles. The van der Waals surface area contributed by atoms with Gasteiger partial charge < -0.3 is 19.0 Å². The van der Waals surface area contributed by atoms with Crippen LogP contribution in [0.2, 0.25) is 0 Å². The smallest absolute Gasteiger partial charge is 0.338 e. The van der Waals surface area contributed by atoms with Gasteiger partial charge in [-0.3, -0.25) is 9.59 Å². The van der Waals surface area contributed by atoms with E-state index in [0.29, 0.717) is 39.3 Å². The van der Waals surface area contributed by atoms with Gasteiger partial charge in [0.25, 0.3) is 11.8 Å². The average molecular weight is 476 g/mol. The number of rotatable bonds is 6. The average Bonchev–Trinajstić information content (AvgIpc) is 3.57. The van der Waals surface area contributed by atoms with E-state index in [9.17, 15) is 22.8 Å². The lowest BCUT2D eigenvalue weighted by Crippen LogP contribution is -2.51. The second-order valence-electron chi connectivity index (χ2n) is 7.86. The lowest BCUT2D eigenvalue weighted by Gasteiger charge is -2.34. The van der Waals surface area contributed by atoms with Gasteiger partial charge in [-0.2, -0.15) is 4.31 Å². The van der Waals surface area contributed by atoms with E-state index in [1.807, 2.05) is 0 Å². The van der Waals surface area contributed by atoms with Crippen LogP contribution in [0.25, 0.3) is 0 Å². The number of esters is 1. The molecule has 176 valence electrons. The van der Waals surface area contributed by atoms with Crippen molar-refractivity contribution in [3.8, 4) is 0 Å². The largest absolute Gasteiger partial charge is 0.459 e. The monoisotopic (exact) mass is 475 g/mol. The lowest BCUT2D eigenvalue weighted by molar-refractivity contribution is -0.136. The maximum Gasteiger partial charge on any atom is 0.338 e. The summed E-state index contributed by atoms with van der Waals surface area (Å²) in [5.41, 5.74) is 0.164. The normalized spacial score (nSPS) is 17.2. The zero-order chi connectivity index (χ0) is 23.4. The number of carbonyl (C=O) groups excluding carboxylic acids is 3. The van der Waals surface area contributed by atoms with Gasteiger partial charge in [-0.25, -0.2) is 13.2 Å². The summed E-state index contributed by atoms with van der Waals surface area (Å²) in [5, 5.41) is 0. The van der Waals surface area contributed by atoms with Gasteiger partial charge in [-0.05, 0) is 49.2 Å². The Morgan fingerprint density at radius 3 is 2.12 bits per heavy atom. The van der Waals surface area contributed by atoms with Crippen molar-refractivity contribution in [1.29, 1.82) is 0 Å². The first-order chi connectivity index (χ1) is 15.9. The topological polar surface area (TPSA) is 117 Å². The van der Waals surface area contributed by atoms with Crippen LogP contribution in [0.1, 0.15) is 33.8 Å². The molecule has 33 heavy (non-hydrogen) atoms. The van der Waals surface area contributed by atoms with Crippen molar-refractivity contribution in [3.05, 3.63) is 54.0 Å². The Balaban J connectivity index is 1.26. The quantitative estimate of drug-likeness (QED) is 0.576. The third-order valence-electron chi connectivity index (χ3n) is 5.77. The molecule has 2 amide bonds. The molecule has 0 bridgehead atoms. The van der Waals surface area contributed by atoms with Crippen LogP contribution in [0.5, 0.6) is 0 Å². The van der Waals surface area contributed by atoms with E-state index >= 15 is 0 Å². The third-order valence-corrected chi connectivity index (χ3v) is 7.68. The highest BCUT2D eigenvalue weighted by Crippen LogP contribution is 2.21. The number of benzene rings is 1. The van der Waals surface area contributed by atoms with Crippen LogP contribution >= 0.6 is 0 Å². The van der Waals surface area contributed by atoms with Crippen LogP contribution in [0.15, 0.2) is 52.0 Å². The first kappa shape index (κ1) is 23.0. The number of carbonyl (C=O) groups is 3. The molecule has 2 saturated heterocycles. The number of hydrogen-bond donors (Lipinski definition) is 0. The highest BCUT2D eigenvalue weighted by atomic mass is 32.2. The van der Waals surface area contributed by atoms with E-state index in [1.165, 1.54) is 39.7 Å². The fourth-order valence-electron chi connectivity index (χ4n) is 3.86. The van der Waals surface area contributed by atoms with Gasteiger partial charge >= 0.3 is 5.97 Å². The van der Waals surface area contributed by atoms with Crippen LogP contribution in [0.3, 0.4) is 0 Å². The Hall–Kier alpha value is -3.18. The van der Waals surface area contributed by atoms with E-state index in [-0.39, 0.29) is 28.0 Å². The van der Waals surface area contributed by atoms with Crippen molar-refractivity contribution < 1.29 is 32.0 Å². The molecule has 2 aromatic rings. The molecule has 0 atom stereocenters. The SMILES string of the molecule is O=C(OCC(=O)N1CCN(C(=O)c2ccco2)CC1)c1ccc(S(=O)(=O)N2CCCC2)cc1. The molecular weight excluding hydrogens is 450 g/mol. The van der Waals surface area contributed by atoms with E-state index in [2.05, 4.69) is 0 Å². The Bertz CT molecular complexity index is 1100. The predicted molar refractivity (Wildman–Crippen MR) is 116 cm³/mol. The molecular formula is C22H25N3O7S. The van der Waals surface area contributed by atoms with E-state index < -0.39 is 22.6 Å². The van der Waals surface area contributed by atoms with Gasteiger partial charge in [-0.1, -0.05) is 0 Å². The summed E-state index contributed by atoms with van der Waals surface area (Å²) in [6.07, 6.45) is 3.11. The lowest BCUT2D eigenvalue weighted by atomic mass is 10.2. The van der Waals surface area contributed by atoms with Crippen molar-refractivity contribution in [2.24, 2.45) is 0 Å². The third kappa shape index (κ3) is 5.09. The summed E-state index contributed by atoms with van der Waals surface area (Å²) < 4.78 is 36.8. The number of piperazine rings is 1. The fourth-order valence-corrected chi connectivity index (χ4v) is 5.37. The van der Waals surface area contributed by atoms with E-state index in [4.69, 9.17) is 9.15 Å². The minimum atomic E-state index is -3.56. The first-order valence-electron chi connectivity index (χ1n) is 10.7. The summed E-state index contributed by atoms with van der Waals surface area (Å²) in [7, 11) is -3.56. The van der Waals surface area contributed by atoms with Crippen LogP contribution in [0, 0.1) is 0 Å². The number of nitrogens with zero attached hydrogens (tertiary/aromatic N) is 3. The summed E-state index contributed by atoms with van der Waals surface area (Å²) in [4.78, 5) is 40.3. The first-order valence-corrected chi connectivity index (χ1v) is 12.2. The second-order valence-corrected chi connectivity index (χ2v) is 9.80. The molecule has 0 spiro atoms. The Morgan fingerprint density at radius 1 is 0.879 bits per heavy atom. The van der Waals surface area contributed by atoms with Crippen molar-refractivity contribution in [3.63, 3.8) is 0 Å². The molecule has 1 aromatic carbocycles. The molecule has 11 heteroatoms. The Kier molecular flexibility index (Phi) is 6.80. The molecule has 0 aliphatic carbocycles. The Morgan fingerprint density at radius 2 is 1.52 bits per heavy atom. The maximum absolute atomic E-state index is 12.6. The zero-order valence-corrected chi connectivity index (χ0v) is 18.8. The molecule has 10 nitrogen and oxygen atoms in total. The van der Waals surface area contributed by atoms with Gasteiger partial charge in [0, 0.05) is 39.3 Å². The molecule has 2 aliphatic rings. The van der Waals surface area contributed by atoms with Crippen LogP contribution in [-0.4, -0.2) is 86.2 Å². The second kappa shape index (κ2) is 9.75. The van der Waals surface area contributed by atoms with Gasteiger partial charge in [0.05, 0.1) is 16.7 Å². The van der Waals surface area contributed by atoms with Crippen molar-refractivity contribution in [1.82, 2.24) is 14.1 Å². The van der Waals surface area contributed by atoms with Gasteiger partial charge in [0.2, 0.25) is 10.0 Å². The number of furan rings is 1. The number of amides is 2. The summed E-state index contributed by atoms with van der Waals surface area (Å²) in [5.74, 6) is -1.04. The van der Waals surface area contributed by atoms with Gasteiger partial charge in [-0.15, -0.1) is 0 Å². The molecule has 0 N–H and O–H groups in total. The van der Waals surface area contributed by atoms with Crippen LogP contribution < -0.4 is 0 Å². The number of hydrogen-bond acceptors (Lipinski definition) is 7. The zero-order valence-electron chi connectivity index (χ0n) is 18.0. The van der Waals surface area contributed by atoms with Crippen LogP contribution in [-0.2, 0) is 19.6 Å². The number of sulfonamides is 1. The van der Waals surface area contributed by atoms with Gasteiger partial charge in [0.1, 0.15) is 0 Å². The standard InChI is InChI=1S/C22H25N3O7S/c26-20(23-11-13-24(14-12-23)21(27)19-4-3-15-31-19)16-32-22(28)17-5-7-18(8-6-17)33(29,30)25-9-1-2-10-25/h3-8,15H,1-2,9-14,16H2. The predicted octanol–water partition coefficient (Wildman–Crippen LogP) is 1.21. The highest BCUT2D eigenvalue weighted by Gasteiger charge is 2.28. The minimum Gasteiger partial charge on any atom is -0.459 e.